The van der Waals surface area contributed by atoms with Crippen LogP contribution in [0, 0.1) is 0 Å². The molecule has 0 saturated carbocycles. The summed E-state index contributed by atoms with van der Waals surface area (Å²) in [6, 6.07) is 165. The fraction of sp³-hybridized carbons (Fsp3) is 0.0391. The Bertz CT molecular complexity index is 7940. The largest absolute Gasteiger partial charge is 0.265 e. The highest BCUT2D eigenvalue weighted by Gasteiger charge is 2.52. The van der Waals surface area contributed by atoms with Gasteiger partial charge in [-0.05, 0) is 184 Å². The van der Waals surface area contributed by atoms with Crippen molar-refractivity contribution in [1.82, 2.24) is 44.9 Å². The summed E-state index contributed by atoms with van der Waals surface area (Å²) in [6.45, 7) is 4.62. The van der Waals surface area contributed by atoms with Crippen LogP contribution in [0.15, 0.2) is 492 Å². The third-order valence-corrected chi connectivity index (χ3v) is 27.7. The number of pyridine rings is 3. The molecular weight excluding hydrogens is 1660 g/mol. The van der Waals surface area contributed by atoms with Crippen LogP contribution in [0.5, 0.6) is 0 Å². The highest BCUT2D eigenvalue weighted by molar-refractivity contribution is 5.97. The molecule has 644 valence electrons. The quantitative estimate of drug-likeness (QED) is 0.105. The zero-order valence-electron chi connectivity index (χ0n) is 75.3. The van der Waals surface area contributed by atoms with Crippen molar-refractivity contribution in [2.45, 2.75) is 30.1 Å². The van der Waals surface area contributed by atoms with Gasteiger partial charge in [0, 0.05) is 91.4 Å². The first-order valence-electron chi connectivity index (χ1n) is 46.6. The normalized spacial score (nSPS) is 12.9. The Balaban J connectivity index is 0.000000113. The fourth-order valence-electron chi connectivity index (χ4n) is 21.2. The van der Waals surface area contributed by atoms with E-state index >= 15 is 0 Å². The van der Waals surface area contributed by atoms with E-state index in [1.165, 1.54) is 100 Å². The molecule has 0 bridgehead atoms. The van der Waals surface area contributed by atoms with Crippen LogP contribution in [0.2, 0.25) is 0 Å². The maximum Gasteiger partial charge on any atom is 0.161 e. The number of fused-ring (bicyclic) bond motifs is 16. The molecule has 0 unspecified atom stereocenters. The van der Waals surface area contributed by atoms with Gasteiger partial charge in [0.15, 0.2) is 17.5 Å². The summed E-state index contributed by atoms with van der Waals surface area (Å²) in [6.07, 6.45) is 7.34. The van der Waals surface area contributed by atoms with Gasteiger partial charge in [-0.3, -0.25) is 15.0 Å². The van der Waals surface area contributed by atoms with E-state index in [4.69, 9.17) is 34.9 Å². The SMILES string of the molecule is CC1(C)c2ccccc2-c2cc(-c3cc(-c4ccccc4)nc(-c4ccc(-c5ccncc5)cc4)n3)ccc21.c1ccc(-c2cc(-c3ccc4c(c3)-c3ccccc3C4(c3ccccc3)c3ccccc3)nc(-c3ccc(-c4ccccn4)cc3)n2)cc1.c1ccc(-c2ccc(-c3nc(-c4ccccc4)cc(-c4ccc5c(c4)-c4ccccc4C54c5ccccc5-c5ccccc54)n3)cn2)cc1. The second-order valence-corrected chi connectivity index (χ2v) is 35.8. The molecule has 9 heteroatoms. The minimum atomic E-state index is -0.436. The standard InChI is InChI=1S/C46H29N3.C46H31N3.C36H27N3/c1-3-13-30(14-4-1)42-26-24-33(29-47-42)45-48-43(31-15-5-2-6-16-31)28-44(49-45)32-23-25-41-37(27-32)36-19-9-12-22-40(36)46(41)38-20-10-7-17-34(38)35-18-8-11-21-39(35)46;1-4-14-32(15-5-1)43-31-44(49-45(48-43)34-25-23-33(24-26-34)42-22-12-13-29-47-42)35-27-28-41-39(30-35)38-20-10-11-21-40(38)46(41,36-16-6-2-7-17-36)37-18-8-3-9-19-37;1-36(2)31-11-7-6-10-29(31)30-22-28(16-17-32(30)36)34-23-33(26-8-4-3-5-9-26)38-35(39-34)27-14-12-24(13-15-27)25-18-20-37-21-19-25/h1-29H;1-31H;3-23H,1-2H3. The van der Waals surface area contributed by atoms with Gasteiger partial charge < -0.3 is 0 Å². The average Bonchev–Trinajstić information content (AvgIpc) is 1.53. The van der Waals surface area contributed by atoms with E-state index in [-0.39, 0.29) is 10.8 Å². The Hall–Kier alpha value is -17.8. The van der Waals surface area contributed by atoms with Crippen molar-refractivity contribution in [3.8, 4) is 180 Å². The molecule has 4 aliphatic rings. The Morgan fingerprint density at radius 1 is 0.161 bits per heavy atom. The summed E-state index contributed by atoms with van der Waals surface area (Å²) in [7, 11) is 0. The first kappa shape index (κ1) is 82.4. The maximum atomic E-state index is 5.21. The molecule has 137 heavy (non-hydrogen) atoms. The Morgan fingerprint density at radius 3 is 0.839 bits per heavy atom. The third-order valence-electron chi connectivity index (χ3n) is 27.7. The van der Waals surface area contributed by atoms with Crippen LogP contribution in [0.1, 0.15) is 69.5 Å². The highest BCUT2D eigenvalue weighted by atomic mass is 14.9. The van der Waals surface area contributed by atoms with Crippen molar-refractivity contribution in [1.29, 1.82) is 0 Å². The Morgan fingerprint density at radius 2 is 0.431 bits per heavy atom. The van der Waals surface area contributed by atoms with E-state index < -0.39 is 5.41 Å². The van der Waals surface area contributed by atoms with Gasteiger partial charge in [-0.1, -0.05) is 408 Å². The second-order valence-electron chi connectivity index (χ2n) is 35.8. The van der Waals surface area contributed by atoms with Crippen molar-refractivity contribution in [2.75, 3.05) is 0 Å². The Labute approximate surface area is 796 Å². The summed E-state index contributed by atoms with van der Waals surface area (Å²) in [5.74, 6) is 2.06. The molecule has 0 amide bonds. The molecule has 0 aliphatic heterocycles. The van der Waals surface area contributed by atoms with E-state index in [2.05, 4.69) is 418 Å². The molecule has 0 N–H and O–H groups in total. The van der Waals surface area contributed by atoms with Gasteiger partial charge in [0.1, 0.15) is 0 Å². The lowest BCUT2D eigenvalue weighted by molar-refractivity contribution is 0.660. The predicted octanol–water partition coefficient (Wildman–Crippen LogP) is 30.6. The third kappa shape index (κ3) is 14.6. The number of aromatic nitrogens is 9. The molecule has 0 radical (unpaired) electrons. The smallest absolute Gasteiger partial charge is 0.161 e. The summed E-state index contributed by atoms with van der Waals surface area (Å²) in [5.41, 5.74) is 43.3. The van der Waals surface area contributed by atoms with Gasteiger partial charge in [0.05, 0.1) is 56.4 Å². The molecule has 26 rings (SSSR count). The lowest BCUT2D eigenvalue weighted by atomic mass is 9.67. The van der Waals surface area contributed by atoms with Gasteiger partial charge in [0.2, 0.25) is 0 Å². The van der Waals surface area contributed by atoms with Crippen LogP contribution in [-0.2, 0) is 16.2 Å². The van der Waals surface area contributed by atoms with E-state index in [0.717, 1.165) is 118 Å². The van der Waals surface area contributed by atoms with E-state index in [9.17, 15) is 0 Å². The molecule has 0 atom stereocenters. The first-order valence-corrected chi connectivity index (χ1v) is 46.6. The molecule has 1 spiro atoms. The van der Waals surface area contributed by atoms with E-state index in [1.54, 1.807) is 0 Å². The van der Waals surface area contributed by atoms with Crippen LogP contribution >= 0.6 is 0 Å². The van der Waals surface area contributed by atoms with Crippen LogP contribution in [0.3, 0.4) is 0 Å². The van der Waals surface area contributed by atoms with Gasteiger partial charge in [0.25, 0.3) is 0 Å². The van der Waals surface area contributed by atoms with E-state index in [0.29, 0.717) is 17.5 Å². The summed E-state index contributed by atoms with van der Waals surface area (Å²) >= 11 is 0. The first-order chi connectivity index (χ1) is 67.6. The van der Waals surface area contributed by atoms with E-state index in [1.807, 2.05) is 97.6 Å². The van der Waals surface area contributed by atoms with Gasteiger partial charge in [-0.2, -0.15) is 0 Å². The molecular formula is C128H87N9. The zero-order chi connectivity index (χ0) is 91.4. The number of hydrogen-bond acceptors (Lipinski definition) is 9. The van der Waals surface area contributed by atoms with Crippen LogP contribution in [0.4, 0.5) is 0 Å². The molecule has 22 aromatic rings. The molecule has 9 nitrogen and oxygen atoms in total. The van der Waals surface area contributed by atoms with Crippen LogP contribution < -0.4 is 0 Å². The van der Waals surface area contributed by atoms with Gasteiger partial charge in [-0.25, -0.2) is 29.9 Å². The Kier molecular flexibility index (Phi) is 20.9. The number of hydrogen-bond donors (Lipinski definition) is 0. The summed E-state index contributed by atoms with van der Waals surface area (Å²) in [4.78, 5) is 44.1. The fourth-order valence-corrected chi connectivity index (χ4v) is 21.2. The van der Waals surface area contributed by atoms with Crippen molar-refractivity contribution < 1.29 is 0 Å². The molecule has 6 aromatic heterocycles. The lowest BCUT2D eigenvalue weighted by Gasteiger charge is -2.33. The average molecular weight is 1750 g/mol. The molecule has 16 aromatic carbocycles. The number of nitrogens with zero attached hydrogens (tertiary/aromatic N) is 9. The molecule has 4 aliphatic carbocycles. The van der Waals surface area contributed by atoms with Crippen LogP contribution in [0.25, 0.3) is 180 Å². The van der Waals surface area contributed by atoms with Crippen molar-refractivity contribution in [3.05, 3.63) is 548 Å². The molecule has 6 heterocycles. The maximum absolute atomic E-state index is 5.21. The van der Waals surface area contributed by atoms with Gasteiger partial charge >= 0.3 is 0 Å². The highest BCUT2D eigenvalue weighted by Crippen LogP contribution is 2.64. The molecule has 0 fully saturated rings. The van der Waals surface area contributed by atoms with Gasteiger partial charge in [-0.15, -0.1) is 0 Å². The predicted molar refractivity (Wildman–Crippen MR) is 556 cm³/mol. The second kappa shape index (κ2) is 34.7. The minimum Gasteiger partial charge on any atom is -0.265 e. The number of rotatable bonds is 14. The lowest BCUT2D eigenvalue weighted by Crippen LogP contribution is -2.28. The number of benzene rings is 16. The summed E-state index contributed by atoms with van der Waals surface area (Å²) < 4.78 is 0. The van der Waals surface area contributed by atoms with Crippen LogP contribution in [-0.4, -0.2) is 44.9 Å². The minimum absolute atomic E-state index is 0.0208. The van der Waals surface area contributed by atoms with Crippen molar-refractivity contribution in [2.24, 2.45) is 0 Å². The topological polar surface area (TPSA) is 116 Å². The summed E-state index contributed by atoms with van der Waals surface area (Å²) in [5, 5.41) is 0. The van der Waals surface area contributed by atoms with Crippen molar-refractivity contribution >= 4 is 0 Å². The van der Waals surface area contributed by atoms with Crippen molar-refractivity contribution in [3.63, 3.8) is 0 Å². The zero-order valence-corrected chi connectivity index (χ0v) is 75.3. The monoisotopic (exact) mass is 1750 g/mol. The molecule has 0 saturated heterocycles.